The predicted octanol–water partition coefficient (Wildman–Crippen LogP) is 3.19. The number of ether oxygens (including phenoxy) is 2. The Morgan fingerprint density at radius 3 is 2.55 bits per heavy atom. The molecular weight excluding hydrogens is 400 g/mol. The summed E-state index contributed by atoms with van der Waals surface area (Å²) in [6.07, 6.45) is 5.57. The lowest BCUT2D eigenvalue weighted by atomic mass is 9.82. The highest BCUT2D eigenvalue weighted by atomic mass is 16.6. The summed E-state index contributed by atoms with van der Waals surface area (Å²) >= 11 is 0. The van der Waals surface area contributed by atoms with Crippen molar-refractivity contribution in [1.82, 2.24) is 9.97 Å². The van der Waals surface area contributed by atoms with E-state index in [4.69, 9.17) is 15.2 Å². The van der Waals surface area contributed by atoms with Crippen LogP contribution in [0.25, 0.3) is 0 Å². The van der Waals surface area contributed by atoms with Crippen LogP contribution in [0.1, 0.15) is 31.2 Å². The van der Waals surface area contributed by atoms with Crippen molar-refractivity contribution in [2.75, 3.05) is 37.9 Å². The SMILES string of the molecule is COc1ccc(CNc2ncc([N+](=O)[O-])c(NCC3CCC(CN)CC3)n2)c(OC)c1. The van der Waals surface area contributed by atoms with Crippen LogP contribution in [0.2, 0.25) is 0 Å². The Morgan fingerprint density at radius 1 is 1.16 bits per heavy atom. The molecule has 0 radical (unpaired) electrons. The Kier molecular flexibility index (Phi) is 7.82. The average molecular weight is 431 g/mol. The third-order valence-electron chi connectivity index (χ3n) is 5.76. The number of nitro groups is 1. The van der Waals surface area contributed by atoms with Crippen molar-refractivity contribution in [2.24, 2.45) is 17.6 Å². The van der Waals surface area contributed by atoms with E-state index in [1.54, 1.807) is 20.3 Å². The normalized spacial score (nSPS) is 18.3. The fraction of sp³-hybridized carbons (Fsp3) is 0.524. The van der Waals surface area contributed by atoms with E-state index in [0.717, 1.165) is 37.8 Å². The zero-order valence-corrected chi connectivity index (χ0v) is 18.0. The van der Waals surface area contributed by atoms with Crippen molar-refractivity contribution in [1.29, 1.82) is 0 Å². The van der Waals surface area contributed by atoms with Gasteiger partial charge in [-0.05, 0) is 56.2 Å². The molecule has 2 aromatic rings. The lowest BCUT2D eigenvalue weighted by Gasteiger charge is -2.27. The molecule has 0 atom stereocenters. The van der Waals surface area contributed by atoms with E-state index < -0.39 is 4.92 Å². The molecule has 4 N–H and O–H groups in total. The number of nitrogens with zero attached hydrogens (tertiary/aromatic N) is 3. The summed E-state index contributed by atoms with van der Waals surface area (Å²) in [5.41, 5.74) is 6.51. The molecule has 1 aromatic heterocycles. The quantitative estimate of drug-likeness (QED) is 0.383. The van der Waals surface area contributed by atoms with Crippen LogP contribution in [0.3, 0.4) is 0 Å². The fourth-order valence-electron chi connectivity index (χ4n) is 3.81. The third kappa shape index (κ3) is 5.94. The summed E-state index contributed by atoms with van der Waals surface area (Å²) < 4.78 is 10.6. The van der Waals surface area contributed by atoms with Gasteiger partial charge in [0.15, 0.2) is 0 Å². The topological polar surface area (TPSA) is 137 Å². The van der Waals surface area contributed by atoms with E-state index >= 15 is 0 Å². The molecule has 168 valence electrons. The molecule has 1 aliphatic carbocycles. The van der Waals surface area contributed by atoms with Crippen molar-refractivity contribution in [2.45, 2.75) is 32.2 Å². The van der Waals surface area contributed by atoms with E-state index in [1.165, 1.54) is 6.20 Å². The van der Waals surface area contributed by atoms with Crippen molar-refractivity contribution in [3.05, 3.63) is 40.1 Å². The first-order valence-corrected chi connectivity index (χ1v) is 10.4. The highest BCUT2D eigenvalue weighted by Gasteiger charge is 2.22. The number of rotatable bonds is 10. The minimum Gasteiger partial charge on any atom is -0.497 e. The number of methoxy groups -OCH3 is 2. The Morgan fingerprint density at radius 2 is 1.90 bits per heavy atom. The highest BCUT2D eigenvalue weighted by Crippen LogP contribution is 2.30. The molecule has 3 rings (SSSR count). The molecule has 1 aromatic carbocycles. The lowest BCUT2D eigenvalue weighted by molar-refractivity contribution is -0.384. The maximum Gasteiger partial charge on any atom is 0.329 e. The molecule has 1 saturated carbocycles. The number of nitrogens with two attached hydrogens (primary N) is 1. The second-order valence-electron chi connectivity index (χ2n) is 7.72. The van der Waals surface area contributed by atoms with Crippen LogP contribution >= 0.6 is 0 Å². The van der Waals surface area contributed by atoms with Crippen LogP contribution in [0.5, 0.6) is 11.5 Å². The second-order valence-corrected chi connectivity index (χ2v) is 7.72. The Hall–Kier alpha value is -3.14. The molecule has 0 unspecified atom stereocenters. The van der Waals surface area contributed by atoms with Crippen LogP contribution < -0.4 is 25.8 Å². The number of hydrogen-bond acceptors (Lipinski definition) is 9. The minimum atomic E-state index is -0.468. The summed E-state index contributed by atoms with van der Waals surface area (Å²) in [7, 11) is 3.18. The zero-order chi connectivity index (χ0) is 22.2. The summed E-state index contributed by atoms with van der Waals surface area (Å²) in [6, 6.07) is 5.51. The molecule has 1 aliphatic rings. The van der Waals surface area contributed by atoms with Gasteiger partial charge in [0.2, 0.25) is 11.8 Å². The monoisotopic (exact) mass is 430 g/mol. The van der Waals surface area contributed by atoms with Crippen LogP contribution in [0.15, 0.2) is 24.4 Å². The maximum atomic E-state index is 11.4. The summed E-state index contributed by atoms with van der Waals surface area (Å²) in [4.78, 5) is 19.4. The summed E-state index contributed by atoms with van der Waals surface area (Å²) in [5.74, 6) is 2.94. The Balaban J connectivity index is 1.66. The molecule has 0 spiro atoms. The zero-order valence-electron chi connectivity index (χ0n) is 18.0. The fourth-order valence-corrected chi connectivity index (χ4v) is 3.81. The molecule has 1 fully saturated rings. The predicted molar refractivity (Wildman–Crippen MR) is 119 cm³/mol. The largest absolute Gasteiger partial charge is 0.497 e. The van der Waals surface area contributed by atoms with Gasteiger partial charge < -0.3 is 25.8 Å². The van der Waals surface area contributed by atoms with Crippen molar-refractivity contribution in [3.8, 4) is 11.5 Å². The molecule has 0 saturated heterocycles. The van der Waals surface area contributed by atoms with Crippen LogP contribution in [-0.2, 0) is 6.54 Å². The van der Waals surface area contributed by atoms with E-state index in [0.29, 0.717) is 42.4 Å². The van der Waals surface area contributed by atoms with Gasteiger partial charge in [0, 0.05) is 24.7 Å². The van der Waals surface area contributed by atoms with E-state index in [-0.39, 0.29) is 11.5 Å². The van der Waals surface area contributed by atoms with Gasteiger partial charge in [0.25, 0.3) is 0 Å². The molecule has 0 aliphatic heterocycles. The number of anilines is 2. The first kappa shape index (κ1) is 22.5. The van der Waals surface area contributed by atoms with Gasteiger partial charge in [-0.2, -0.15) is 4.98 Å². The molecule has 10 nitrogen and oxygen atoms in total. The molecule has 1 heterocycles. The molecule has 0 amide bonds. The van der Waals surface area contributed by atoms with Gasteiger partial charge in [0.1, 0.15) is 17.7 Å². The highest BCUT2D eigenvalue weighted by molar-refractivity contribution is 5.57. The second kappa shape index (κ2) is 10.8. The smallest absolute Gasteiger partial charge is 0.329 e. The summed E-state index contributed by atoms with van der Waals surface area (Å²) in [6.45, 7) is 1.76. The first-order chi connectivity index (χ1) is 15.0. The Labute approximate surface area is 181 Å². The van der Waals surface area contributed by atoms with E-state index in [1.807, 2.05) is 12.1 Å². The van der Waals surface area contributed by atoms with Crippen LogP contribution in [0.4, 0.5) is 17.5 Å². The van der Waals surface area contributed by atoms with Crippen LogP contribution in [-0.4, -0.2) is 42.2 Å². The van der Waals surface area contributed by atoms with Gasteiger partial charge in [0.05, 0.1) is 19.1 Å². The minimum absolute atomic E-state index is 0.136. The van der Waals surface area contributed by atoms with E-state index in [9.17, 15) is 10.1 Å². The lowest BCUT2D eigenvalue weighted by Crippen LogP contribution is -2.25. The average Bonchev–Trinajstić information content (AvgIpc) is 2.81. The number of benzene rings is 1. The molecule has 0 bridgehead atoms. The van der Waals surface area contributed by atoms with Crippen molar-refractivity contribution in [3.63, 3.8) is 0 Å². The number of aromatic nitrogens is 2. The summed E-state index contributed by atoms with van der Waals surface area (Å²) in [5, 5.41) is 17.7. The molecule has 31 heavy (non-hydrogen) atoms. The third-order valence-corrected chi connectivity index (χ3v) is 5.76. The van der Waals surface area contributed by atoms with Gasteiger partial charge in [-0.25, -0.2) is 4.98 Å². The van der Waals surface area contributed by atoms with Gasteiger partial charge in [-0.3, -0.25) is 10.1 Å². The first-order valence-electron chi connectivity index (χ1n) is 10.4. The Bertz CT molecular complexity index is 886. The standard InChI is InChI=1S/C21H30N6O4/c1-30-17-8-7-16(19(9-17)31-2)12-24-21-25-13-18(27(28)29)20(26-21)23-11-15-5-3-14(10-22)4-6-15/h7-9,13-15H,3-6,10-12,22H2,1-2H3,(H2,23,24,25,26). The van der Waals surface area contributed by atoms with Gasteiger partial charge >= 0.3 is 5.69 Å². The van der Waals surface area contributed by atoms with Crippen LogP contribution in [0, 0.1) is 22.0 Å². The van der Waals surface area contributed by atoms with Crippen molar-refractivity contribution < 1.29 is 14.4 Å². The van der Waals surface area contributed by atoms with Crippen molar-refractivity contribution >= 4 is 17.5 Å². The van der Waals surface area contributed by atoms with Gasteiger partial charge in [-0.15, -0.1) is 0 Å². The molecule has 10 heteroatoms. The van der Waals surface area contributed by atoms with E-state index in [2.05, 4.69) is 20.6 Å². The van der Waals surface area contributed by atoms with Gasteiger partial charge in [-0.1, -0.05) is 0 Å². The maximum absolute atomic E-state index is 11.4. The number of nitrogens with one attached hydrogen (secondary N) is 2. The molecular formula is C21H30N6O4. The number of hydrogen-bond donors (Lipinski definition) is 3.